The van der Waals surface area contributed by atoms with Crippen LogP contribution in [0.25, 0.3) is 11.1 Å². The second-order valence-electron chi connectivity index (χ2n) is 9.37. The number of amides is 1. The molecule has 0 saturated carbocycles. The zero-order valence-corrected chi connectivity index (χ0v) is 21.2. The number of hydrogen-bond acceptors (Lipinski definition) is 5. The predicted octanol–water partition coefficient (Wildman–Crippen LogP) is 5.52. The van der Waals surface area contributed by atoms with Crippen molar-refractivity contribution in [2.45, 2.75) is 29.9 Å². The van der Waals surface area contributed by atoms with Gasteiger partial charge < -0.3 is 15.1 Å². The van der Waals surface area contributed by atoms with Gasteiger partial charge in [0.15, 0.2) is 0 Å². The van der Waals surface area contributed by atoms with E-state index in [0.29, 0.717) is 24.0 Å². The molecule has 0 bridgehead atoms. The normalized spacial score (nSPS) is 18.2. The number of hydrogen-bond donors (Lipinski definition) is 3. The highest BCUT2D eigenvalue weighted by atomic mass is 32.2. The Labute approximate surface area is 221 Å². The van der Waals surface area contributed by atoms with Gasteiger partial charge >= 0.3 is 0 Å². The minimum absolute atomic E-state index is 0.0162. The van der Waals surface area contributed by atoms with Crippen LogP contribution in [0.5, 0.6) is 5.75 Å². The average molecular weight is 530 g/mol. The van der Waals surface area contributed by atoms with E-state index in [-0.39, 0.29) is 28.5 Å². The van der Waals surface area contributed by atoms with E-state index in [0.717, 1.165) is 16.8 Å². The van der Waals surface area contributed by atoms with Gasteiger partial charge in [0.1, 0.15) is 5.75 Å². The molecule has 3 atom stereocenters. The number of aromatic hydroxyl groups is 1. The molecule has 4 aromatic rings. The third-order valence-electron chi connectivity index (χ3n) is 7.01. The lowest BCUT2D eigenvalue weighted by Gasteiger charge is -2.48. The summed E-state index contributed by atoms with van der Waals surface area (Å²) in [5.74, 6) is -0.420. The summed E-state index contributed by atoms with van der Waals surface area (Å²) in [6.07, 6.45) is 0.212. The molecule has 0 spiro atoms. The number of phenolic OH excluding ortho intramolecular Hbond substituents is 1. The maximum absolute atomic E-state index is 13.3. The van der Waals surface area contributed by atoms with E-state index in [1.165, 1.54) is 24.3 Å². The van der Waals surface area contributed by atoms with Gasteiger partial charge in [0.25, 0.3) is 10.1 Å². The first-order valence-corrected chi connectivity index (χ1v) is 13.7. The van der Waals surface area contributed by atoms with Crippen molar-refractivity contribution in [3.63, 3.8) is 0 Å². The fourth-order valence-electron chi connectivity index (χ4n) is 5.05. The Morgan fingerprint density at radius 3 is 2.08 bits per heavy atom. The number of rotatable bonds is 8. The SMILES string of the molecule is O=C1C(CCC(O)c2ccccc2)C(c2ccc(-c3ccc(S(=O)(=O)O)cc3)c(O)c2)N1c1ccccc1. The molecule has 0 radical (unpaired) electrons. The summed E-state index contributed by atoms with van der Waals surface area (Å²) in [6.45, 7) is 0. The lowest BCUT2D eigenvalue weighted by molar-refractivity contribution is -0.131. The van der Waals surface area contributed by atoms with Crippen LogP contribution >= 0.6 is 0 Å². The Morgan fingerprint density at radius 1 is 0.842 bits per heavy atom. The van der Waals surface area contributed by atoms with E-state index in [9.17, 15) is 28.0 Å². The average Bonchev–Trinajstić information content (AvgIpc) is 2.92. The van der Waals surface area contributed by atoms with Crippen LogP contribution in [-0.2, 0) is 14.9 Å². The van der Waals surface area contributed by atoms with Crippen LogP contribution in [0.2, 0.25) is 0 Å². The zero-order valence-electron chi connectivity index (χ0n) is 20.4. The molecule has 8 heteroatoms. The summed E-state index contributed by atoms with van der Waals surface area (Å²) in [5.41, 5.74) is 3.38. The number of aliphatic hydroxyl groups excluding tert-OH is 1. The minimum Gasteiger partial charge on any atom is -0.507 e. The summed E-state index contributed by atoms with van der Waals surface area (Å²) in [5, 5.41) is 21.6. The van der Waals surface area contributed by atoms with Crippen LogP contribution in [0, 0.1) is 5.92 Å². The quantitative estimate of drug-likeness (QED) is 0.204. The Hall–Kier alpha value is -3.98. The van der Waals surface area contributed by atoms with Crippen molar-refractivity contribution in [1.29, 1.82) is 0 Å². The first-order chi connectivity index (χ1) is 18.2. The van der Waals surface area contributed by atoms with Crippen LogP contribution in [0.3, 0.4) is 0 Å². The summed E-state index contributed by atoms with van der Waals surface area (Å²) < 4.78 is 31.9. The number of carbonyl (C=O) groups is 1. The molecule has 1 aliphatic heterocycles. The number of para-hydroxylation sites is 1. The van der Waals surface area contributed by atoms with E-state index >= 15 is 0 Å². The van der Waals surface area contributed by atoms with E-state index in [2.05, 4.69) is 0 Å². The zero-order chi connectivity index (χ0) is 26.9. The highest BCUT2D eigenvalue weighted by molar-refractivity contribution is 7.85. The van der Waals surface area contributed by atoms with Crippen molar-refractivity contribution in [1.82, 2.24) is 0 Å². The maximum atomic E-state index is 13.3. The molecule has 1 amide bonds. The van der Waals surface area contributed by atoms with E-state index in [1.807, 2.05) is 66.7 Å². The van der Waals surface area contributed by atoms with Crippen LogP contribution in [0.1, 0.15) is 36.1 Å². The molecule has 38 heavy (non-hydrogen) atoms. The number of aliphatic hydroxyl groups is 1. The van der Waals surface area contributed by atoms with Gasteiger partial charge in [-0.15, -0.1) is 0 Å². The predicted molar refractivity (Wildman–Crippen MR) is 144 cm³/mol. The smallest absolute Gasteiger partial charge is 0.294 e. The van der Waals surface area contributed by atoms with Crippen LogP contribution in [0.15, 0.2) is 108 Å². The van der Waals surface area contributed by atoms with E-state index in [1.54, 1.807) is 17.0 Å². The Balaban J connectivity index is 1.43. The summed E-state index contributed by atoms with van der Waals surface area (Å²) in [7, 11) is -4.32. The van der Waals surface area contributed by atoms with Crippen LogP contribution in [-0.4, -0.2) is 29.1 Å². The number of nitrogens with zero attached hydrogens (tertiary/aromatic N) is 1. The molecule has 7 nitrogen and oxygen atoms in total. The molecular formula is C30H27NO6S. The van der Waals surface area contributed by atoms with Gasteiger partial charge in [-0.3, -0.25) is 9.35 Å². The minimum atomic E-state index is -4.32. The summed E-state index contributed by atoms with van der Waals surface area (Å²) in [6, 6.07) is 29.1. The number of anilines is 1. The molecule has 4 aromatic carbocycles. The molecule has 1 aliphatic rings. The van der Waals surface area contributed by atoms with Crippen molar-refractivity contribution in [3.8, 4) is 16.9 Å². The number of benzene rings is 4. The summed E-state index contributed by atoms with van der Waals surface area (Å²) in [4.78, 5) is 14.8. The van der Waals surface area contributed by atoms with Gasteiger partial charge in [0.2, 0.25) is 5.91 Å². The lowest BCUT2D eigenvalue weighted by atomic mass is 9.78. The fraction of sp³-hybridized carbons (Fsp3) is 0.167. The van der Waals surface area contributed by atoms with Gasteiger partial charge in [0.05, 0.1) is 23.0 Å². The van der Waals surface area contributed by atoms with E-state index in [4.69, 9.17) is 0 Å². The van der Waals surface area contributed by atoms with E-state index < -0.39 is 16.2 Å². The van der Waals surface area contributed by atoms with Crippen LogP contribution < -0.4 is 4.90 Å². The Bertz CT molecular complexity index is 1540. The fourth-order valence-corrected chi connectivity index (χ4v) is 5.53. The lowest BCUT2D eigenvalue weighted by Crippen LogP contribution is -2.55. The van der Waals surface area contributed by atoms with Crippen molar-refractivity contribution >= 4 is 21.7 Å². The second kappa shape index (κ2) is 10.4. The van der Waals surface area contributed by atoms with Gasteiger partial charge in [0, 0.05) is 11.3 Å². The largest absolute Gasteiger partial charge is 0.507 e. The van der Waals surface area contributed by atoms with Crippen molar-refractivity contribution < 1.29 is 28.0 Å². The Morgan fingerprint density at radius 2 is 1.47 bits per heavy atom. The molecule has 0 aromatic heterocycles. The molecule has 1 fully saturated rings. The molecule has 0 aliphatic carbocycles. The molecular weight excluding hydrogens is 502 g/mol. The van der Waals surface area contributed by atoms with Crippen molar-refractivity contribution in [2.75, 3.05) is 4.90 Å². The molecule has 3 N–H and O–H groups in total. The number of β-lactam (4-membered cyclic amide) rings is 1. The summed E-state index contributed by atoms with van der Waals surface area (Å²) >= 11 is 0. The van der Waals surface area contributed by atoms with Crippen molar-refractivity contribution in [3.05, 3.63) is 114 Å². The molecule has 1 heterocycles. The monoisotopic (exact) mass is 529 g/mol. The maximum Gasteiger partial charge on any atom is 0.294 e. The Kier molecular flexibility index (Phi) is 7.03. The molecule has 3 unspecified atom stereocenters. The van der Waals surface area contributed by atoms with Gasteiger partial charge in [-0.25, -0.2) is 0 Å². The third-order valence-corrected chi connectivity index (χ3v) is 7.88. The first kappa shape index (κ1) is 25.7. The first-order valence-electron chi connectivity index (χ1n) is 12.3. The van der Waals surface area contributed by atoms with Crippen molar-refractivity contribution in [2.24, 2.45) is 5.92 Å². The molecule has 5 rings (SSSR count). The highest BCUT2D eigenvalue weighted by Gasteiger charge is 2.48. The van der Waals surface area contributed by atoms with Gasteiger partial charge in [-0.1, -0.05) is 72.8 Å². The van der Waals surface area contributed by atoms with Gasteiger partial charge in [-0.05, 0) is 59.9 Å². The number of phenols is 1. The van der Waals surface area contributed by atoms with Gasteiger partial charge in [-0.2, -0.15) is 8.42 Å². The highest BCUT2D eigenvalue weighted by Crippen LogP contribution is 2.47. The molecule has 1 saturated heterocycles. The van der Waals surface area contributed by atoms with Crippen LogP contribution in [0.4, 0.5) is 5.69 Å². The molecule has 194 valence electrons. The number of carbonyl (C=O) groups excluding carboxylic acids is 1. The standard InChI is InChI=1S/C30H27NO6S/c32-27(21-7-3-1-4-8-21)18-17-26-29(31(30(26)34)23-9-5-2-6-10-23)22-13-16-25(28(33)19-22)20-11-14-24(15-12-20)38(35,36)37/h1-16,19,26-27,29,32-33H,17-18H2,(H,35,36,37). The topological polar surface area (TPSA) is 115 Å². The second-order valence-corrected chi connectivity index (χ2v) is 10.8. The third kappa shape index (κ3) is 5.06.